The summed E-state index contributed by atoms with van der Waals surface area (Å²) in [5.74, 6) is -0.303. The van der Waals surface area contributed by atoms with Gasteiger partial charge in [0.05, 0.1) is 17.6 Å². The van der Waals surface area contributed by atoms with Gasteiger partial charge in [-0.05, 0) is 26.0 Å². The summed E-state index contributed by atoms with van der Waals surface area (Å²) in [6, 6.07) is 16.3. The minimum atomic E-state index is -0.307. The van der Waals surface area contributed by atoms with Crippen molar-refractivity contribution in [3.05, 3.63) is 77.7 Å². The van der Waals surface area contributed by atoms with Gasteiger partial charge in [0.15, 0.2) is 5.78 Å². The van der Waals surface area contributed by atoms with E-state index < -0.39 is 0 Å². The summed E-state index contributed by atoms with van der Waals surface area (Å²) in [7, 11) is 0. The first-order valence-corrected chi connectivity index (χ1v) is 7.86. The van der Waals surface area contributed by atoms with Crippen molar-refractivity contribution >= 4 is 17.4 Å². The van der Waals surface area contributed by atoms with Crippen molar-refractivity contribution in [2.75, 3.05) is 5.32 Å². The van der Waals surface area contributed by atoms with Crippen LogP contribution in [0.2, 0.25) is 0 Å². The summed E-state index contributed by atoms with van der Waals surface area (Å²) in [5, 5.41) is 2.82. The maximum absolute atomic E-state index is 12.5. The second-order valence-electron chi connectivity index (χ2n) is 5.64. The number of carbonyl (C=O) groups excluding carboxylic acids is 2. The third-order valence-corrected chi connectivity index (χ3v) is 3.79. The Balaban J connectivity index is 1.90. The molecule has 25 heavy (non-hydrogen) atoms. The lowest BCUT2D eigenvalue weighted by atomic mass is 10.1. The Morgan fingerprint density at radius 1 is 0.960 bits per heavy atom. The summed E-state index contributed by atoms with van der Waals surface area (Å²) in [5.41, 5.74) is 3.54. The van der Waals surface area contributed by atoms with Crippen LogP contribution in [0.5, 0.6) is 0 Å². The Morgan fingerprint density at radius 3 is 2.28 bits per heavy atom. The summed E-state index contributed by atoms with van der Waals surface area (Å²) in [6.07, 6.45) is 1.62. The number of hydrogen-bond donors (Lipinski definition) is 1. The molecule has 5 heteroatoms. The zero-order valence-corrected chi connectivity index (χ0v) is 14.0. The molecule has 0 atom stereocenters. The van der Waals surface area contributed by atoms with Gasteiger partial charge in [0, 0.05) is 16.8 Å². The molecule has 0 aliphatic carbocycles. The van der Waals surface area contributed by atoms with Crippen molar-refractivity contribution in [3.8, 4) is 11.3 Å². The van der Waals surface area contributed by atoms with E-state index in [4.69, 9.17) is 0 Å². The Labute approximate surface area is 145 Å². The van der Waals surface area contributed by atoms with E-state index in [0.29, 0.717) is 22.6 Å². The van der Waals surface area contributed by atoms with Crippen LogP contribution in [0.15, 0.2) is 60.8 Å². The van der Waals surface area contributed by atoms with Crippen LogP contribution in [-0.4, -0.2) is 21.7 Å². The number of para-hydroxylation sites is 1. The highest BCUT2D eigenvalue weighted by molar-refractivity contribution is 6.03. The second-order valence-corrected chi connectivity index (χ2v) is 5.64. The van der Waals surface area contributed by atoms with E-state index in [-0.39, 0.29) is 17.4 Å². The van der Waals surface area contributed by atoms with Crippen LogP contribution in [0.4, 0.5) is 5.69 Å². The molecule has 124 valence electrons. The van der Waals surface area contributed by atoms with Gasteiger partial charge in [-0.2, -0.15) is 0 Å². The van der Waals surface area contributed by atoms with Crippen molar-refractivity contribution in [3.63, 3.8) is 0 Å². The fourth-order valence-corrected chi connectivity index (χ4v) is 2.39. The molecule has 1 amide bonds. The van der Waals surface area contributed by atoms with Crippen LogP contribution >= 0.6 is 0 Å². The highest BCUT2D eigenvalue weighted by Gasteiger charge is 2.14. The first-order valence-electron chi connectivity index (χ1n) is 7.86. The molecule has 0 spiro atoms. The molecule has 0 aliphatic heterocycles. The molecule has 1 N–H and O–H groups in total. The maximum atomic E-state index is 12.5. The molecule has 5 nitrogen and oxygen atoms in total. The van der Waals surface area contributed by atoms with Gasteiger partial charge in [0.1, 0.15) is 5.69 Å². The van der Waals surface area contributed by atoms with Gasteiger partial charge >= 0.3 is 0 Å². The van der Waals surface area contributed by atoms with Crippen LogP contribution < -0.4 is 5.32 Å². The zero-order chi connectivity index (χ0) is 17.8. The third-order valence-electron chi connectivity index (χ3n) is 3.79. The number of nitrogens with one attached hydrogen (secondary N) is 1. The Morgan fingerprint density at radius 2 is 1.64 bits per heavy atom. The largest absolute Gasteiger partial charge is 0.321 e. The fraction of sp³-hybridized carbons (Fsp3) is 0.100. The number of anilines is 1. The van der Waals surface area contributed by atoms with E-state index in [1.165, 1.54) is 6.92 Å². The minimum Gasteiger partial charge on any atom is -0.321 e. The van der Waals surface area contributed by atoms with Crippen LogP contribution in [-0.2, 0) is 0 Å². The average molecular weight is 331 g/mol. The summed E-state index contributed by atoms with van der Waals surface area (Å²) < 4.78 is 0. The molecule has 0 saturated heterocycles. The number of rotatable bonds is 4. The van der Waals surface area contributed by atoms with Crippen LogP contribution in [0.1, 0.15) is 33.5 Å². The number of Topliss-reactive ketones (excluding diaryl/α,β-unsaturated/α-hetero) is 1. The van der Waals surface area contributed by atoms with Gasteiger partial charge < -0.3 is 5.32 Å². The normalized spacial score (nSPS) is 10.3. The van der Waals surface area contributed by atoms with Crippen molar-refractivity contribution < 1.29 is 9.59 Å². The fourth-order valence-electron chi connectivity index (χ4n) is 2.39. The molecule has 0 saturated carbocycles. The van der Waals surface area contributed by atoms with E-state index >= 15 is 0 Å². The van der Waals surface area contributed by atoms with Gasteiger partial charge in [-0.1, -0.05) is 42.5 Å². The topological polar surface area (TPSA) is 72.0 Å². The molecule has 0 unspecified atom stereocenters. The molecule has 1 aromatic heterocycles. The van der Waals surface area contributed by atoms with Crippen LogP contribution in [0.3, 0.4) is 0 Å². The first kappa shape index (κ1) is 16.5. The highest BCUT2D eigenvalue weighted by Crippen LogP contribution is 2.19. The maximum Gasteiger partial charge on any atom is 0.276 e. The summed E-state index contributed by atoms with van der Waals surface area (Å²) in [4.78, 5) is 32.6. The zero-order valence-electron chi connectivity index (χ0n) is 14.0. The van der Waals surface area contributed by atoms with Crippen LogP contribution in [0.25, 0.3) is 11.3 Å². The predicted octanol–water partition coefficient (Wildman–Crippen LogP) is 3.91. The number of benzene rings is 2. The third kappa shape index (κ3) is 3.77. The number of hydrogen-bond acceptors (Lipinski definition) is 4. The van der Waals surface area contributed by atoms with E-state index in [0.717, 1.165) is 5.56 Å². The smallest absolute Gasteiger partial charge is 0.276 e. The van der Waals surface area contributed by atoms with E-state index in [9.17, 15) is 9.59 Å². The Kier molecular flexibility index (Phi) is 4.66. The lowest BCUT2D eigenvalue weighted by molar-refractivity contribution is 0.101. The van der Waals surface area contributed by atoms with Crippen LogP contribution in [0, 0.1) is 6.92 Å². The summed E-state index contributed by atoms with van der Waals surface area (Å²) in [6.45, 7) is 3.27. The van der Waals surface area contributed by atoms with E-state index in [1.54, 1.807) is 37.4 Å². The molecule has 3 aromatic rings. The predicted molar refractivity (Wildman–Crippen MR) is 96.6 cm³/mol. The van der Waals surface area contributed by atoms with Gasteiger partial charge in [0.25, 0.3) is 5.91 Å². The van der Waals surface area contributed by atoms with Gasteiger partial charge in [-0.3, -0.25) is 14.6 Å². The number of carbonyl (C=O) groups is 2. The molecule has 0 aliphatic rings. The number of amides is 1. The number of aromatic nitrogens is 2. The minimum absolute atomic E-state index is 0.00414. The van der Waals surface area contributed by atoms with Crippen molar-refractivity contribution in [2.45, 2.75) is 13.8 Å². The second kappa shape index (κ2) is 7.05. The summed E-state index contributed by atoms with van der Waals surface area (Å²) >= 11 is 0. The Bertz CT molecular complexity index is 919. The molecular formula is C20H17N3O2. The van der Waals surface area contributed by atoms with Crippen molar-refractivity contribution in [1.82, 2.24) is 9.97 Å². The monoisotopic (exact) mass is 331 g/mol. The van der Waals surface area contributed by atoms with Crippen molar-refractivity contribution in [1.29, 1.82) is 0 Å². The number of nitrogens with zero attached hydrogens (tertiary/aromatic N) is 2. The van der Waals surface area contributed by atoms with Gasteiger partial charge in [-0.15, -0.1) is 0 Å². The SMILES string of the molecule is CC(=O)c1ccc(-c2cnc(C)c(C(=O)Nc3ccccc3)n2)cc1. The lowest BCUT2D eigenvalue weighted by Crippen LogP contribution is -2.16. The number of aryl methyl sites for hydroxylation is 1. The highest BCUT2D eigenvalue weighted by atomic mass is 16.2. The van der Waals surface area contributed by atoms with E-state index in [2.05, 4.69) is 15.3 Å². The van der Waals surface area contributed by atoms with Crippen molar-refractivity contribution in [2.24, 2.45) is 0 Å². The molecular weight excluding hydrogens is 314 g/mol. The van der Waals surface area contributed by atoms with Gasteiger partial charge in [0.2, 0.25) is 0 Å². The quantitative estimate of drug-likeness (QED) is 0.736. The molecule has 0 radical (unpaired) electrons. The molecule has 2 aromatic carbocycles. The number of ketones is 1. The van der Waals surface area contributed by atoms with E-state index in [1.807, 2.05) is 30.3 Å². The average Bonchev–Trinajstić information content (AvgIpc) is 2.63. The molecule has 0 fully saturated rings. The molecule has 1 heterocycles. The lowest BCUT2D eigenvalue weighted by Gasteiger charge is -2.09. The first-order chi connectivity index (χ1) is 12.0. The standard InChI is InChI=1S/C20H17N3O2/c1-13-19(20(25)22-17-6-4-3-5-7-17)23-18(12-21-13)16-10-8-15(9-11-16)14(2)24/h3-12H,1-2H3,(H,22,25). The molecule has 3 rings (SSSR count). The molecule has 0 bridgehead atoms. The van der Waals surface area contributed by atoms with Gasteiger partial charge in [-0.25, -0.2) is 4.98 Å². The Hall–Kier alpha value is -3.34.